The molecule has 2 rings (SSSR count). The molecular weight excluding hydrogens is 324 g/mol. The van der Waals surface area contributed by atoms with E-state index in [1.54, 1.807) is 41.9 Å². The summed E-state index contributed by atoms with van der Waals surface area (Å²) in [7, 11) is 1.74. The Morgan fingerprint density at radius 3 is 2.33 bits per heavy atom. The standard InChI is InChI=1S/C18H18N2O3S/c1-19(13-15-5-10-17(24-2)11-6-15)18(21)12-7-14-3-8-16(9-4-14)20(22)23/h3-12H,13H2,1-2H3/b12-7+. The number of carbonyl (C=O) groups is 1. The van der Waals surface area contributed by atoms with Crippen molar-refractivity contribution in [1.29, 1.82) is 0 Å². The van der Waals surface area contributed by atoms with Gasteiger partial charge in [-0.05, 0) is 47.7 Å². The van der Waals surface area contributed by atoms with E-state index in [4.69, 9.17) is 0 Å². The van der Waals surface area contributed by atoms with Crippen LogP contribution in [0.5, 0.6) is 0 Å². The van der Waals surface area contributed by atoms with Crippen molar-refractivity contribution in [1.82, 2.24) is 4.90 Å². The van der Waals surface area contributed by atoms with Gasteiger partial charge in [0.15, 0.2) is 0 Å². The maximum Gasteiger partial charge on any atom is 0.269 e. The van der Waals surface area contributed by atoms with Crippen LogP contribution >= 0.6 is 11.8 Å². The van der Waals surface area contributed by atoms with Crippen molar-refractivity contribution in [3.8, 4) is 0 Å². The molecule has 0 fully saturated rings. The van der Waals surface area contributed by atoms with Gasteiger partial charge in [0.05, 0.1) is 4.92 Å². The number of hydrogen-bond acceptors (Lipinski definition) is 4. The number of nitrogens with zero attached hydrogens (tertiary/aromatic N) is 2. The van der Waals surface area contributed by atoms with E-state index in [1.165, 1.54) is 23.1 Å². The van der Waals surface area contributed by atoms with Gasteiger partial charge in [-0.2, -0.15) is 0 Å². The zero-order valence-electron chi connectivity index (χ0n) is 13.5. The van der Waals surface area contributed by atoms with Gasteiger partial charge in [0, 0.05) is 36.7 Å². The Morgan fingerprint density at radius 2 is 1.79 bits per heavy atom. The molecule has 0 saturated heterocycles. The van der Waals surface area contributed by atoms with Crippen LogP contribution in [-0.4, -0.2) is 29.0 Å². The van der Waals surface area contributed by atoms with Crippen molar-refractivity contribution in [2.24, 2.45) is 0 Å². The van der Waals surface area contributed by atoms with Gasteiger partial charge in [0.25, 0.3) is 5.69 Å². The molecule has 24 heavy (non-hydrogen) atoms. The number of non-ortho nitro benzene ring substituents is 1. The molecule has 0 N–H and O–H groups in total. The molecule has 0 saturated carbocycles. The lowest BCUT2D eigenvalue weighted by molar-refractivity contribution is -0.384. The summed E-state index contributed by atoms with van der Waals surface area (Å²) < 4.78 is 0. The molecule has 0 heterocycles. The Morgan fingerprint density at radius 1 is 1.17 bits per heavy atom. The van der Waals surface area contributed by atoms with Crippen molar-refractivity contribution in [2.45, 2.75) is 11.4 Å². The lowest BCUT2D eigenvalue weighted by Crippen LogP contribution is -2.24. The quantitative estimate of drug-likeness (QED) is 0.345. The Bertz CT molecular complexity index is 740. The lowest BCUT2D eigenvalue weighted by atomic mass is 10.2. The number of nitro groups is 1. The average Bonchev–Trinajstić information content (AvgIpc) is 2.60. The molecule has 2 aromatic carbocycles. The highest BCUT2D eigenvalue weighted by atomic mass is 32.2. The van der Waals surface area contributed by atoms with Crippen molar-refractivity contribution < 1.29 is 9.72 Å². The van der Waals surface area contributed by atoms with E-state index in [9.17, 15) is 14.9 Å². The average molecular weight is 342 g/mol. The van der Waals surface area contributed by atoms with Crippen LogP contribution < -0.4 is 0 Å². The number of rotatable bonds is 6. The summed E-state index contributed by atoms with van der Waals surface area (Å²) in [5.41, 5.74) is 1.84. The maximum absolute atomic E-state index is 12.1. The van der Waals surface area contributed by atoms with Crippen LogP contribution in [0.25, 0.3) is 6.08 Å². The van der Waals surface area contributed by atoms with Gasteiger partial charge in [-0.3, -0.25) is 14.9 Å². The van der Waals surface area contributed by atoms with Crippen LogP contribution in [0.4, 0.5) is 5.69 Å². The number of benzene rings is 2. The zero-order chi connectivity index (χ0) is 17.5. The van der Waals surface area contributed by atoms with Crippen LogP contribution in [0, 0.1) is 10.1 Å². The predicted molar refractivity (Wildman–Crippen MR) is 96.8 cm³/mol. The van der Waals surface area contributed by atoms with Crippen molar-refractivity contribution in [2.75, 3.05) is 13.3 Å². The topological polar surface area (TPSA) is 63.5 Å². The summed E-state index contributed by atoms with van der Waals surface area (Å²) in [5, 5.41) is 10.6. The second-order valence-electron chi connectivity index (χ2n) is 5.22. The Balaban J connectivity index is 1.95. The first kappa shape index (κ1) is 17.7. The number of thioether (sulfide) groups is 1. The molecule has 124 valence electrons. The highest BCUT2D eigenvalue weighted by Gasteiger charge is 2.06. The molecule has 1 amide bonds. The molecular formula is C18H18N2O3S. The second kappa shape index (κ2) is 8.31. The highest BCUT2D eigenvalue weighted by molar-refractivity contribution is 7.98. The minimum Gasteiger partial charge on any atom is -0.338 e. The summed E-state index contributed by atoms with van der Waals surface area (Å²) in [6.45, 7) is 0.526. The van der Waals surface area contributed by atoms with Crippen molar-refractivity contribution in [3.63, 3.8) is 0 Å². The molecule has 0 aliphatic rings. The third kappa shape index (κ3) is 4.96. The fourth-order valence-corrected chi connectivity index (χ4v) is 2.49. The van der Waals surface area contributed by atoms with Gasteiger partial charge in [-0.1, -0.05) is 12.1 Å². The Kier molecular flexibility index (Phi) is 6.14. The van der Waals surface area contributed by atoms with Crippen LogP contribution in [0.15, 0.2) is 59.5 Å². The molecule has 0 spiro atoms. The summed E-state index contributed by atoms with van der Waals surface area (Å²) in [6, 6.07) is 14.1. The largest absolute Gasteiger partial charge is 0.338 e. The Hall–Kier alpha value is -2.60. The number of nitro benzene ring substituents is 1. The van der Waals surface area contributed by atoms with E-state index < -0.39 is 4.92 Å². The van der Waals surface area contributed by atoms with Gasteiger partial charge in [0.2, 0.25) is 5.91 Å². The Labute approximate surface area is 145 Å². The van der Waals surface area contributed by atoms with Crippen LogP contribution in [0.1, 0.15) is 11.1 Å². The molecule has 5 nitrogen and oxygen atoms in total. The number of likely N-dealkylation sites (N-methyl/N-ethyl adjacent to an activating group) is 1. The van der Waals surface area contributed by atoms with E-state index in [-0.39, 0.29) is 11.6 Å². The third-order valence-corrected chi connectivity index (χ3v) is 4.22. The maximum atomic E-state index is 12.1. The molecule has 0 aromatic heterocycles. The van der Waals surface area contributed by atoms with E-state index in [0.717, 1.165) is 11.1 Å². The predicted octanol–water partition coefficient (Wildman–Crippen LogP) is 3.99. The molecule has 0 unspecified atom stereocenters. The fraction of sp³-hybridized carbons (Fsp3) is 0.167. The zero-order valence-corrected chi connectivity index (χ0v) is 14.3. The first-order valence-electron chi connectivity index (χ1n) is 7.30. The van der Waals surface area contributed by atoms with Gasteiger partial charge in [-0.15, -0.1) is 11.8 Å². The molecule has 6 heteroatoms. The molecule has 2 aromatic rings. The molecule has 0 atom stereocenters. The van der Waals surface area contributed by atoms with Crippen molar-refractivity contribution in [3.05, 3.63) is 75.8 Å². The molecule has 0 aliphatic heterocycles. The summed E-state index contributed by atoms with van der Waals surface area (Å²) >= 11 is 1.68. The summed E-state index contributed by atoms with van der Waals surface area (Å²) in [4.78, 5) is 25.1. The molecule has 0 bridgehead atoms. The summed E-state index contributed by atoms with van der Waals surface area (Å²) in [6.07, 6.45) is 5.14. The van der Waals surface area contributed by atoms with E-state index >= 15 is 0 Å². The third-order valence-electron chi connectivity index (χ3n) is 3.48. The van der Waals surface area contributed by atoms with Gasteiger partial charge in [-0.25, -0.2) is 0 Å². The second-order valence-corrected chi connectivity index (χ2v) is 6.10. The van der Waals surface area contributed by atoms with Gasteiger partial charge < -0.3 is 4.90 Å². The van der Waals surface area contributed by atoms with Gasteiger partial charge in [0.1, 0.15) is 0 Å². The first-order chi connectivity index (χ1) is 11.5. The van der Waals surface area contributed by atoms with Crippen LogP contribution in [0.3, 0.4) is 0 Å². The number of carbonyl (C=O) groups excluding carboxylic acids is 1. The summed E-state index contributed by atoms with van der Waals surface area (Å²) in [5.74, 6) is -0.123. The number of hydrogen-bond donors (Lipinski definition) is 0. The van der Waals surface area contributed by atoms with Gasteiger partial charge >= 0.3 is 0 Å². The van der Waals surface area contributed by atoms with Crippen LogP contribution in [0.2, 0.25) is 0 Å². The highest BCUT2D eigenvalue weighted by Crippen LogP contribution is 2.16. The smallest absolute Gasteiger partial charge is 0.269 e. The molecule has 0 radical (unpaired) electrons. The lowest BCUT2D eigenvalue weighted by Gasteiger charge is -2.15. The van der Waals surface area contributed by atoms with E-state index in [2.05, 4.69) is 0 Å². The minimum atomic E-state index is -0.450. The van der Waals surface area contributed by atoms with Crippen molar-refractivity contribution >= 4 is 29.4 Å². The van der Waals surface area contributed by atoms with E-state index in [0.29, 0.717) is 6.54 Å². The normalized spacial score (nSPS) is 10.8. The SMILES string of the molecule is CSc1ccc(CN(C)C(=O)/C=C/c2ccc([N+](=O)[O-])cc2)cc1. The fourth-order valence-electron chi connectivity index (χ4n) is 2.08. The monoisotopic (exact) mass is 342 g/mol. The first-order valence-corrected chi connectivity index (χ1v) is 8.52. The minimum absolute atomic E-state index is 0.0317. The van der Waals surface area contributed by atoms with E-state index in [1.807, 2.05) is 30.5 Å². The van der Waals surface area contributed by atoms with Crippen LogP contribution in [-0.2, 0) is 11.3 Å². The number of amides is 1. The molecule has 0 aliphatic carbocycles.